The van der Waals surface area contributed by atoms with Gasteiger partial charge in [-0.3, -0.25) is 4.57 Å². The Balaban J connectivity index is 1.22. The lowest BCUT2D eigenvalue weighted by molar-refractivity contribution is 1.02. The van der Waals surface area contributed by atoms with E-state index in [4.69, 9.17) is 9.97 Å². The highest BCUT2D eigenvalue weighted by atomic mass is 32.1. The van der Waals surface area contributed by atoms with E-state index < -0.39 is 0 Å². The van der Waals surface area contributed by atoms with Gasteiger partial charge in [-0.05, 0) is 57.9 Å². The second-order valence-corrected chi connectivity index (χ2v) is 17.8. The van der Waals surface area contributed by atoms with Gasteiger partial charge in [0.25, 0.3) is 0 Å². The average molecular weight is 799 g/mol. The molecule has 0 aliphatic rings. The Hall–Kier alpha value is -7.38. The Morgan fingerprint density at radius 1 is 0.367 bits per heavy atom. The number of fused-ring (bicyclic) bond motifs is 17. The molecule has 0 fully saturated rings. The standard InChI is InChI=1S/C54H30N4S2/c1-2-15-33(16-3-1)57-42-29-25-31-13-4-6-17-34(31)46(42)39-27-28-40-47-35-18-7-5-14-32(35)26-30-43(47)58(51(40)50(39)57)54-55-48-38-20-9-11-24-45(38)60-53(48)49(56-54)41-22-12-21-37-36-19-8-10-23-44(36)59-52(37)41/h1-30H. The monoisotopic (exact) mass is 798 g/mol. The van der Waals surface area contributed by atoms with Gasteiger partial charge in [0.05, 0.1) is 38.0 Å². The first-order valence-corrected chi connectivity index (χ1v) is 21.9. The first-order chi connectivity index (χ1) is 29.8. The van der Waals surface area contributed by atoms with Crippen molar-refractivity contribution in [1.29, 1.82) is 0 Å². The fourth-order valence-corrected chi connectivity index (χ4v) is 12.3. The minimum atomic E-state index is 0.664. The molecule has 5 heterocycles. The average Bonchev–Trinajstić information content (AvgIpc) is 4.07. The maximum absolute atomic E-state index is 5.78. The molecule has 0 atom stereocenters. The summed E-state index contributed by atoms with van der Waals surface area (Å²) in [5.74, 6) is 0.664. The van der Waals surface area contributed by atoms with Crippen LogP contribution in [-0.4, -0.2) is 19.1 Å². The second-order valence-electron chi connectivity index (χ2n) is 15.7. The van der Waals surface area contributed by atoms with Gasteiger partial charge < -0.3 is 4.57 Å². The van der Waals surface area contributed by atoms with Crippen LogP contribution in [0.5, 0.6) is 0 Å². The highest BCUT2D eigenvalue weighted by Gasteiger charge is 2.26. The van der Waals surface area contributed by atoms with Crippen molar-refractivity contribution in [2.24, 2.45) is 0 Å². The molecule has 5 aromatic heterocycles. The van der Waals surface area contributed by atoms with Crippen LogP contribution in [0.2, 0.25) is 0 Å². The van der Waals surface area contributed by atoms with E-state index in [2.05, 4.69) is 191 Å². The van der Waals surface area contributed by atoms with E-state index in [1.165, 1.54) is 73.5 Å². The van der Waals surface area contributed by atoms with Crippen LogP contribution in [0.1, 0.15) is 0 Å². The topological polar surface area (TPSA) is 35.6 Å². The molecule has 0 unspecified atom stereocenters. The third kappa shape index (κ3) is 4.33. The molecule has 278 valence electrons. The van der Waals surface area contributed by atoms with Crippen molar-refractivity contribution in [3.05, 3.63) is 182 Å². The summed E-state index contributed by atoms with van der Waals surface area (Å²) in [6, 6.07) is 66.2. The van der Waals surface area contributed by atoms with Crippen LogP contribution < -0.4 is 0 Å². The predicted molar refractivity (Wildman–Crippen MR) is 257 cm³/mol. The van der Waals surface area contributed by atoms with Crippen LogP contribution in [0.3, 0.4) is 0 Å². The van der Waals surface area contributed by atoms with Crippen LogP contribution in [0.4, 0.5) is 0 Å². The van der Waals surface area contributed by atoms with E-state index >= 15 is 0 Å². The second kappa shape index (κ2) is 12.1. The van der Waals surface area contributed by atoms with Crippen molar-refractivity contribution in [3.8, 4) is 22.9 Å². The lowest BCUT2D eigenvalue weighted by Crippen LogP contribution is -2.04. The summed E-state index contributed by atoms with van der Waals surface area (Å²) < 4.78 is 9.67. The van der Waals surface area contributed by atoms with E-state index in [0.29, 0.717) is 5.95 Å². The van der Waals surface area contributed by atoms with E-state index in [1.807, 2.05) is 11.3 Å². The van der Waals surface area contributed by atoms with Gasteiger partial charge in [0, 0.05) is 63.1 Å². The molecule has 14 aromatic rings. The van der Waals surface area contributed by atoms with Gasteiger partial charge in [0.15, 0.2) is 0 Å². The van der Waals surface area contributed by atoms with Crippen molar-refractivity contribution < 1.29 is 0 Å². The van der Waals surface area contributed by atoms with Gasteiger partial charge in [0.1, 0.15) is 0 Å². The molecule has 0 amide bonds. The quantitative estimate of drug-likeness (QED) is 0.178. The van der Waals surface area contributed by atoms with Gasteiger partial charge in [-0.15, -0.1) is 22.7 Å². The molecule has 4 nitrogen and oxygen atoms in total. The molecule has 0 saturated carbocycles. The third-order valence-electron chi connectivity index (χ3n) is 12.5. The fourth-order valence-electron chi connectivity index (χ4n) is 9.98. The van der Waals surface area contributed by atoms with Crippen LogP contribution in [0.15, 0.2) is 182 Å². The highest BCUT2D eigenvalue weighted by Crippen LogP contribution is 2.48. The number of thiophene rings is 2. The molecular formula is C54H30N4S2. The fraction of sp³-hybridized carbons (Fsp3) is 0. The van der Waals surface area contributed by atoms with E-state index in [1.54, 1.807) is 11.3 Å². The van der Waals surface area contributed by atoms with Crippen LogP contribution in [0, 0.1) is 0 Å². The summed E-state index contributed by atoms with van der Waals surface area (Å²) in [4.78, 5) is 11.4. The van der Waals surface area contributed by atoms with E-state index in [9.17, 15) is 0 Å². The van der Waals surface area contributed by atoms with Gasteiger partial charge in [0.2, 0.25) is 5.95 Å². The molecule has 60 heavy (non-hydrogen) atoms. The summed E-state index contributed by atoms with van der Waals surface area (Å²) in [5, 5.41) is 13.4. The zero-order valence-corrected chi connectivity index (χ0v) is 33.6. The smallest absolute Gasteiger partial charge is 0.235 e. The first-order valence-electron chi connectivity index (χ1n) is 20.2. The number of nitrogens with zero attached hydrogens (tertiary/aromatic N) is 4. The molecule has 0 aliphatic carbocycles. The summed E-state index contributed by atoms with van der Waals surface area (Å²) in [6.07, 6.45) is 0. The molecule has 0 saturated heterocycles. The van der Waals surface area contributed by atoms with Crippen LogP contribution in [-0.2, 0) is 0 Å². The Bertz CT molecular complexity index is 4130. The Morgan fingerprint density at radius 3 is 1.63 bits per heavy atom. The number of benzene rings is 9. The zero-order chi connectivity index (χ0) is 39.1. The molecule has 9 aromatic carbocycles. The summed E-state index contributed by atoms with van der Waals surface area (Å²) >= 11 is 3.63. The lowest BCUT2D eigenvalue weighted by Gasteiger charge is -2.13. The van der Waals surface area contributed by atoms with Crippen molar-refractivity contribution in [3.63, 3.8) is 0 Å². The number of para-hydroxylation sites is 1. The minimum Gasteiger partial charge on any atom is -0.307 e. The Labute approximate surface area is 350 Å². The first kappa shape index (κ1) is 32.6. The summed E-state index contributed by atoms with van der Waals surface area (Å²) in [5.41, 5.74) is 8.66. The van der Waals surface area contributed by atoms with E-state index in [0.717, 1.165) is 49.1 Å². The zero-order valence-electron chi connectivity index (χ0n) is 31.9. The molecule has 14 rings (SSSR count). The lowest BCUT2D eigenvalue weighted by atomic mass is 10.0. The predicted octanol–water partition coefficient (Wildman–Crippen LogP) is 15.4. The summed E-state index contributed by atoms with van der Waals surface area (Å²) in [7, 11) is 0. The Morgan fingerprint density at radius 2 is 0.917 bits per heavy atom. The maximum atomic E-state index is 5.78. The maximum Gasteiger partial charge on any atom is 0.235 e. The molecule has 0 spiro atoms. The van der Waals surface area contributed by atoms with Crippen molar-refractivity contribution in [2.45, 2.75) is 0 Å². The van der Waals surface area contributed by atoms with Crippen molar-refractivity contribution in [2.75, 3.05) is 0 Å². The van der Waals surface area contributed by atoms with Crippen molar-refractivity contribution >= 4 is 128 Å². The van der Waals surface area contributed by atoms with E-state index in [-0.39, 0.29) is 0 Å². The normalized spacial score (nSPS) is 12.3. The molecule has 0 bridgehead atoms. The number of hydrogen-bond donors (Lipinski definition) is 0. The van der Waals surface area contributed by atoms with Gasteiger partial charge in [-0.2, -0.15) is 0 Å². The molecule has 0 radical (unpaired) electrons. The third-order valence-corrected chi connectivity index (χ3v) is 14.9. The molecule has 6 heteroatoms. The van der Waals surface area contributed by atoms with Gasteiger partial charge in [-0.25, -0.2) is 9.97 Å². The molecule has 0 aliphatic heterocycles. The summed E-state index contributed by atoms with van der Waals surface area (Å²) in [6.45, 7) is 0. The number of aromatic nitrogens is 4. The Kier molecular flexibility index (Phi) is 6.56. The van der Waals surface area contributed by atoms with Gasteiger partial charge in [-0.1, -0.05) is 146 Å². The van der Waals surface area contributed by atoms with Gasteiger partial charge >= 0.3 is 0 Å². The minimum absolute atomic E-state index is 0.664. The van der Waals surface area contributed by atoms with Crippen molar-refractivity contribution in [1.82, 2.24) is 19.1 Å². The number of rotatable bonds is 3. The number of hydrogen-bond acceptors (Lipinski definition) is 4. The largest absolute Gasteiger partial charge is 0.307 e. The molecular weight excluding hydrogens is 769 g/mol. The van der Waals surface area contributed by atoms with Crippen LogP contribution >= 0.6 is 22.7 Å². The highest BCUT2D eigenvalue weighted by molar-refractivity contribution is 7.27. The SMILES string of the molecule is c1ccc(-n2c3ccc4ccccc4c3c3ccc4c5c6ccccc6ccc5n(-c5nc(-c6cccc7c6sc6ccccc67)c6sc7ccccc7c6n5)c4c32)cc1. The van der Waals surface area contributed by atoms with Crippen LogP contribution in [0.25, 0.3) is 129 Å². The molecule has 0 N–H and O–H groups in total.